The van der Waals surface area contributed by atoms with Crippen LogP contribution >= 0.6 is 0 Å². The van der Waals surface area contributed by atoms with Gasteiger partial charge in [-0.25, -0.2) is 0 Å². The molecule has 0 atom stereocenters. The third-order valence-electron chi connectivity index (χ3n) is 10.7. The van der Waals surface area contributed by atoms with Crippen molar-refractivity contribution >= 4 is 11.8 Å². The maximum atomic E-state index is 13.7. The van der Waals surface area contributed by atoms with Crippen molar-refractivity contribution in [3.63, 3.8) is 0 Å². The summed E-state index contributed by atoms with van der Waals surface area (Å²) in [6, 6.07) is 8.18. The summed E-state index contributed by atoms with van der Waals surface area (Å²) in [7, 11) is 3.66. The second kappa shape index (κ2) is 13.7. The van der Waals surface area contributed by atoms with Crippen molar-refractivity contribution in [2.24, 2.45) is 0 Å². The highest BCUT2D eigenvalue weighted by Crippen LogP contribution is 2.42. The van der Waals surface area contributed by atoms with Crippen LogP contribution in [0.4, 0.5) is 0 Å². The first kappa shape index (κ1) is 41.2. The number of phenolic OH excluding ortho intramolecular Hbond substituents is 2. The molecule has 2 amide bonds. The van der Waals surface area contributed by atoms with Gasteiger partial charge in [0.05, 0.1) is 11.1 Å². The first-order chi connectivity index (χ1) is 21.3. The number of aromatic hydroxyl groups is 2. The van der Waals surface area contributed by atoms with Gasteiger partial charge in [-0.3, -0.25) is 9.59 Å². The van der Waals surface area contributed by atoms with Crippen LogP contribution in [0.25, 0.3) is 0 Å². The lowest BCUT2D eigenvalue weighted by Gasteiger charge is -2.52. The van der Waals surface area contributed by atoms with Crippen LogP contribution in [0, 0.1) is 0 Å². The molecule has 0 heterocycles. The van der Waals surface area contributed by atoms with E-state index in [-0.39, 0.29) is 33.5 Å². The Morgan fingerprint density at radius 3 is 0.875 bits per heavy atom. The van der Waals surface area contributed by atoms with Crippen molar-refractivity contribution in [1.29, 1.82) is 0 Å². The molecule has 2 N–H and O–H groups in total. The number of benzene rings is 2. The minimum Gasteiger partial charge on any atom is -0.507 e. The molecule has 0 bridgehead atoms. The lowest BCUT2D eigenvalue weighted by Crippen LogP contribution is -2.65. The van der Waals surface area contributed by atoms with Crippen molar-refractivity contribution < 1.29 is 19.8 Å². The molecular weight excluding hydrogens is 596 g/mol. The van der Waals surface area contributed by atoms with E-state index in [9.17, 15) is 19.8 Å². The Labute approximate surface area is 293 Å². The first-order valence-corrected chi connectivity index (χ1v) is 17.6. The minimum atomic E-state index is -0.673. The van der Waals surface area contributed by atoms with Crippen molar-refractivity contribution in [3.05, 3.63) is 57.6 Å². The molecule has 0 saturated carbocycles. The number of nitrogens with zero attached hydrogens (tertiary/aromatic N) is 2. The molecule has 2 aromatic carbocycles. The molecule has 0 radical (unpaired) electrons. The summed E-state index contributed by atoms with van der Waals surface area (Å²) in [5, 5.41) is 22.3. The molecular formula is C42H68N2O4. The number of carbonyl (C=O) groups is 2. The molecule has 2 rings (SSSR count). The topological polar surface area (TPSA) is 81.1 Å². The third kappa shape index (κ3) is 8.95. The molecule has 6 nitrogen and oxygen atoms in total. The number of amides is 2. The predicted molar refractivity (Wildman–Crippen MR) is 201 cm³/mol. The molecule has 0 aliphatic carbocycles. The van der Waals surface area contributed by atoms with Gasteiger partial charge in [-0.05, 0) is 95.6 Å². The molecule has 0 aliphatic rings. The van der Waals surface area contributed by atoms with Crippen molar-refractivity contribution in [2.75, 3.05) is 14.1 Å². The summed E-state index contributed by atoms with van der Waals surface area (Å²) in [6.07, 6.45) is 1.75. The van der Waals surface area contributed by atoms with Gasteiger partial charge in [0.2, 0.25) is 11.8 Å². The summed E-state index contributed by atoms with van der Waals surface area (Å²) >= 11 is 0. The van der Waals surface area contributed by atoms with E-state index >= 15 is 0 Å². The lowest BCUT2D eigenvalue weighted by molar-refractivity contribution is -0.148. The Bertz CT molecular complexity index is 1300. The zero-order valence-corrected chi connectivity index (χ0v) is 33.7. The van der Waals surface area contributed by atoms with E-state index < -0.39 is 11.1 Å². The fraction of sp³-hybridized carbons (Fsp3) is 0.667. The first-order valence-electron chi connectivity index (χ1n) is 17.6. The summed E-state index contributed by atoms with van der Waals surface area (Å²) in [5.74, 6) is 0.690. The van der Waals surface area contributed by atoms with E-state index in [0.29, 0.717) is 37.2 Å². The van der Waals surface area contributed by atoms with Gasteiger partial charge in [-0.2, -0.15) is 0 Å². The van der Waals surface area contributed by atoms with Crippen molar-refractivity contribution in [3.8, 4) is 11.5 Å². The molecule has 0 aliphatic heterocycles. The van der Waals surface area contributed by atoms with Crippen molar-refractivity contribution in [2.45, 2.75) is 169 Å². The minimum absolute atomic E-state index is 0.00475. The molecule has 2 aromatic rings. The molecule has 270 valence electrons. The monoisotopic (exact) mass is 665 g/mol. The number of phenols is 2. The molecule has 0 aromatic heterocycles. The highest BCUT2D eigenvalue weighted by molar-refractivity contribution is 5.79. The highest BCUT2D eigenvalue weighted by atomic mass is 16.3. The van der Waals surface area contributed by atoms with E-state index in [1.54, 1.807) is 9.80 Å². The van der Waals surface area contributed by atoms with Crippen LogP contribution in [0.1, 0.15) is 157 Å². The Kier molecular flexibility index (Phi) is 11.8. The Balaban J connectivity index is 2.27. The summed E-state index contributed by atoms with van der Waals surface area (Å²) in [6.45, 7) is 33.2. The van der Waals surface area contributed by atoms with Gasteiger partial charge >= 0.3 is 0 Å². The van der Waals surface area contributed by atoms with Gasteiger partial charge in [0, 0.05) is 26.9 Å². The summed E-state index contributed by atoms with van der Waals surface area (Å²) < 4.78 is 0. The molecule has 6 heteroatoms. The van der Waals surface area contributed by atoms with Gasteiger partial charge in [-0.1, -0.05) is 107 Å². The molecule has 48 heavy (non-hydrogen) atoms. The van der Waals surface area contributed by atoms with E-state index in [1.807, 2.05) is 66.1 Å². The average Bonchev–Trinajstić information content (AvgIpc) is 2.91. The lowest BCUT2D eigenvalue weighted by atomic mass is 9.77. The predicted octanol–water partition coefficient (Wildman–Crippen LogP) is 9.33. The average molecular weight is 665 g/mol. The number of hydrogen-bond acceptors (Lipinski definition) is 4. The number of likely N-dealkylation sites (N-methyl/N-ethyl adjacent to an activating group) is 2. The fourth-order valence-electron chi connectivity index (χ4n) is 6.25. The van der Waals surface area contributed by atoms with Crippen LogP contribution in [-0.4, -0.2) is 57.0 Å². The second-order valence-corrected chi connectivity index (χ2v) is 19.1. The maximum absolute atomic E-state index is 13.7. The zero-order chi connectivity index (χ0) is 37.6. The number of carbonyl (C=O) groups excluding carboxylic acids is 2. The smallest absolute Gasteiger partial charge is 0.223 e. The molecule has 0 spiro atoms. The summed E-state index contributed by atoms with van der Waals surface area (Å²) in [5.41, 5.74) is 3.33. The Morgan fingerprint density at radius 2 is 0.688 bits per heavy atom. The molecule has 0 unspecified atom stereocenters. The Hall–Kier alpha value is -3.02. The fourth-order valence-corrected chi connectivity index (χ4v) is 6.25. The van der Waals surface area contributed by atoms with Crippen LogP contribution < -0.4 is 0 Å². The van der Waals surface area contributed by atoms with Crippen LogP contribution in [0.3, 0.4) is 0 Å². The normalized spacial score (nSPS) is 13.5. The van der Waals surface area contributed by atoms with E-state index in [1.165, 1.54) is 0 Å². The van der Waals surface area contributed by atoms with E-state index in [4.69, 9.17) is 0 Å². The third-order valence-corrected chi connectivity index (χ3v) is 10.7. The largest absolute Gasteiger partial charge is 0.507 e. The van der Waals surface area contributed by atoms with Crippen LogP contribution in [-0.2, 0) is 44.1 Å². The maximum Gasteiger partial charge on any atom is 0.223 e. The van der Waals surface area contributed by atoms with E-state index in [0.717, 1.165) is 33.4 Å². The van der Waals surface area contributed by atoms with Gasteiger partial charge in [0.1, 0.15) is 11.5 Å². The summed E-state index contributed by atoms with van der Waals surface area (Å²) in [4.78, 5) is 31.1. The SMILES string of the molecule is CN(C(=O)CCc1cc(C(C)(C)C)c(O)c(C(C)(C)C)c1)C(C)(C)C(C)(C)N(C)C(=O)CCc1cc(C(C)(C)C)c(O)c(C(C)(C)C)c1. The number of aryl methyl sites for hydroxylation is 2. The quantitative estimate of drug-likeness (QED) is 0.280. The van der Waals surface area contributed by atoms with Gasteiger partial charge in [0.25, 0.3) is 0 Å². The highest BCUT2D eigenvalue weighted by Gasteiger charge is 2.46. The van der Waals surface area contributed by atoms with E-state index in [2.05, 4.69) is 83.1 Å². The molecule has 0 fully saturated rings. The number of rotatable bonds is 9. The van der Waals surface area contributed by atoms with Crippen LogP contribution in [0.15, 0.2) is 24.3 Å². The van der Waals surface area contributed by atoms with Crippen LogP contribution in [0.5, 0.6) is 11.5 Å². The van der Waals surface area contributed by atoms with Crippen LogP contribution in [0.2, 0.25) is 0 Å². The standard InChI is InChI=1S/C42H68N2O4/c1-37(2,3)29-23-27(24-30(35(29)47)38(4,5)6)19-21-33(45)43(17)41(13,14)42(15,16)44(18)34(46)22-20-28-25-31(39(7,8)9)36(48)32(26-28)40(10,11)12/h23-26,47-48H,19-22H2,1-18H3. The van der Waals surface area contributed by atoms with Gasteiger partial charge in [0.15, 0.2) is 0 Å². The molecule has 0 saturated heterocycles. The van der Waals surface area contributed by atoms with Gasteiger partial charge < -0.3 is 20.0 Å². The zero-order valence-electron chi connectivity index (χ0n) is 33.7. The number of hydrogen-bond donors (Lipinski definition) is 2. The second-order valence-electron chi connectivity index (χ2n) is 19.1. The van der Waals surface area contributed by atoms with Gasteiger partial charge in [-0.15, -0.1) is 0 Å². The Morgan fingerprint density at radius 1 is 0.479 bits per heavy atom. The van der Waals surface area contributed by atoms with Crippen molar-refractivity contribution in [1.82, 2.24) is 9.80 Å².